The molecule has 0 saturated carbocycles. The molecule has 3 aromatic rings. The average molecular weight is 719 g/mol. The largest absolute Gasteiger partial charge is 0.481 e. The van der Waals surface area contributed by atoms with Crippen LogP contribution in [-0.2, 0) is 45.2 Å². The maximum Gasteiger partial charge on any atom is 0.334 e. The highest BCUT2D eigenvalue weighted by molar-refractivity contribution is 6.02. The Morgan fingerprint density at radius 1 is 0.830 bits per heavy atom. The molecule has 0 unspecified atom stereocenters. The number of hydrogen-bond donors (Lipinski definition) is 3. The van der Waals surface area contributed by atoms with Gasteiger partial charge in [-0.2, -0.15) is 0 Å². The van der Waals surface area contributed by atoms with Crippen LogP contribution >= 0.6 is 0 Å². The van der Waals surface area contributed by atoms with E-state index in [0.717, 1.165) is 44.4 Å². The number of nitrogens with one attached hydrogen (secondary N) is 2. The summed E-state index contributed by atoms with van der Waals surface area (Å²) in [6.07, 6.45) is 5.78. The minimum atomic E-state index is -1.18. The number of aryl methyl sites for hydroxylation is 3. The second-order valence-electron chi connectivity index (χ2n) is 13.5. The Morgan fingerprint density at radius 3 is 2.17 bits per heavy atom. The zero-order valence-electron chi connectivity index (χ0n) is 30.9. The molecule has 0 fully saturated rings. The third kappa shape index (κ3) is 6.28. The Bertz CT molecular complexity index is 2370. The van der Waals surface area contributed by atoms with Crippen LogP contribution in [0, 0.1) is 19.8 Å². The molecule has 0 saturated heterocycles. The molecule has 5 heterocycles. The lowest BCUT2D eigenvalue weighted by atomic mass is 9.64. The van der Waals surface area contributed by atoms with Gasteiger partial charge in [0.25, 0.3) is 0 Å². The normalized spacial score (nSPS) is 17.8. The van der Waals surface area contributed by atoms with Gasteiger partial charge in [0.1, 0.15) is 5.92 Å². The Morgan fingerprint density at radius 2 is 1.51 bits per heavy atom. The van der Waals surface area contributed by atoms with E-state index in [2.05, 4.69) is 16.5 Å². The average Bonchev–Trinajstić information content (AvgIpc) is 3.79. The van der Waals surface area contributed by atoms with Gasteiger partial charge in [-0.3, -0.25) is 19.4 Å². The van der Waals surface area contributed by atoms with Gasteiger partial charge < -0.3 is 29.3 Å². The van der Waals surface area contributed by atoms with Crippen molar-refractivity contribution in [3.05, 3.63) is 93.6 Å². The van der Waals surface area contributed by atoms with Crippen LogP contribution in [0.15, 0.2) is 48.6 Å². The van der Waals surface area contributed by atoms with Crippen molar-refractivity contribution in [2.24, 2.45) is 5.92 Å². The maximum atomic E-state index is 13.7. The van der Waals surface area contributed by atoms with Gasteiger partial charge in [0.15, 0.2) is 0 Å². The Balaban J connectivity index is 1.77. The third-order valence-corrected chi connectivity index (χ3v) is 10.7. The monoisotopic (exact) mass is 718 g/mol. The van der Waals surface area contributed by atoms with Gasteiger partial charge in [-0.05, 0) is 98.2 Å². The number of methoxy groups -OCH3 is 3. The SMILES string of the molecule is C=Cc1c(C)c2cc3nc(cc4[nH]c(cc5nc(cc1[nH]2)C(C)=C5CCC(=O)OC)c(CCC(=O)O)c4C)[C@@]1(C)C3=CC=C(C(=O)OC)[C@@H]1C(=O)OC. The van der Waals surface area contributed by atoms with E-state index in [-0.39, 0.29) is 30.8 Å². The number of carboxylic acids is 1. The van der Waals surface area contributed by atoms with E-state index in [1.165, 1.54) is 21.3 Å². The van der Waals surface area contributed by atoms with E-state index in [1.54, 1.807) is 18.2 Å². The van der Waals surface area contributed by atoms with Crippen molar-refractivity contribution < 1.29 is 38.5 Å². The van der Waals surface area contributed by atoms with Gasteiger partial charge in [0.05, 0.1) is 55.1 Å². The molecule has 12 nitrogen and oxygen atoms in total. The number of aliphatic carboxylic acids is 1. The van der Waals surface area contributed by atoms with Crippen LogP contribution in [0.2, 0.25) is 0 Å². The zero-order chi connectivity index (χ0) is 38.4. The lowest BCUT2D eigenvalue weighted by molar-refractivity contribution is -0.149. The Hall–Kier alpha value is -6.04. The van der Waals surface area contributed by atoms with E-state index in [9.17, 15) is 24.3 Å². The van der Waals surface area contributed by atoms with Gasteiger partial charge in [-0.15, -0.1) is 0 Å². The first-order valence-corrected chi connectivity index (χ1v) is 17.2. The van der Waals surface area contributed by atoms with Crippen LogP contribution in [0.3, 0.4) is 0 Å². The molecule has 2 atom stereocenters. The number of hydrogen-bond acceptors (Lipinski definition) is 9. The van der Waals surface area contributed by atoms with E-state index < -0.39 is 29.2 Å². The number of esters is 3. The van der Waals surface area contributed by atoms with Gasteiger partial charge in [0, 0.05) is 40.5 Å². The number of aromatic nitrogens is 4. The smallest absolute Gasteiger partial charge is 0.334 e. The number of allylic oxidation sites excluding steroid dienone is 5. The molecular weight excluding hydrogens is 676 g/mol. The zero-order valence-corrected chi connectivity index (χ0v) is 30.9. The predicted octanol–water partition coefficient (Wildman–Crippen LogP) is 6.72. The third-order valence-electron chi connectivity index (χ3n) is 10.7. The molecule has 12 heteroatoms. The minimum absolute atomic E-state index is 0.116. The molecule has 274 valence electrons. The summed E-state index contributed by atoms with van der Waals surface area (Å²) in [4.78, 5) is 68.1. The summed E-state index contributed by atoms with van der Waals surface area (Å²) in [7, 11) is 3.89. The van der Waals surface area contributed by atoms with Crippen LogP contribution in [0.1, 0.15) is 78.1 Å². The topological polar surface area (TPSA) is 174 Å². The first kappa shape index (κ1) is 36.7. The quantitative estimate of drug-likeness (QED) is 0.159. The van der Waals surface area contributed by atoms with Crippen molar-refractivity contribution in [3.8, 4) is 0 Å². The summed E-state index contributed by atoms with van der Waals surface area (Å²) in [6.45, 7) is 11.8. The van der Waals surface area contributed by atoms with E-state index in [1.807, 2.05) is 52.0 Å². The molecule has 0 radical (unpaired) electrons. The lowest BCUT2D eigenvalue weighted by Gasteiger charge is -2.36. The highest BCUT2D eigenvalue weighted by Gasteiger charge is 2.53. The van der Waals surface area contributed by atoms with Crippen molar-refractivity contribution in [1.29, 1.82) is 0 Å². The van der Waals surface area contributed by atoms with Crippen LogP contribution in [-0.4, -0.2) is 70.2 Å². The standard InChI is InChI=1S/C41H42N4O8/c1-9-23-20(2)29-17-34-27-13-10-26(39(49)52-7)38(40(50)53-8)41(27,5)35(45-34)19-30-22(4)24(11-14-36(46)47)32(44-30)18-33-25(12-15-37(48)51-6)21(3)28(43-33)16-31(23)42-29/h9-10,13,16-19,38,42,44H,1,11-12,14-15H2,2-8H3,(H,46,47)/t38-,41-/m1/s1. The van der Waals surface area contributed by atoms with Gasteiger partial charge in [0.2, 0.25) is 0 Å². The summed E-state index contributed by atoms with van der Waals surface area (Å²) in [5.41, 5.74) is 9.92. The minimum Gasteiger partial charge on any atom is -0.481 e. The second-order valence-corrected chi connectivity index (χ2v) is 13.5. The van der Waals surface area contributed by atoms with Gasteiger partial charge in [-0.25, -0.2) is 9.78 Å². The van der Waals surface area contributed by atoms with Crippen LogP contribution < -0.4 is 0 Å². The number of carboxylic acid groups (broad SMARTS) is 1. The van der Waals surface area contributed by atoms with E-state index >= 15 is 0 Å². The first-order chi connectivity index (χ1) is 25.3. The van der Waals surface area contributed by atoms with Crippen LogP contribution in [0.4, 0.5) is 0 Å². The number of nitrogens with zero attached hydrogens (tertiary/aromatic N) is 2. The highest BCUT2D eigenvalue weighted by Crippen LogP contribution is 2.52. The van der Waals surface area contributed by atoms with E-state index in [0.29, 0.717) is 45.8 Å². The summed E-state index contributed by atoms with van der Waals surface area (Å²) < 4.78 is 15.3. The van der Waals surface area contributed by atoms with Crippen molar-refractivity contribution >= 4 is 68.7 Å². The summed E-state index contributed by atoms with van der Waals surface area (Å²) in [5, 5.41) is 9.68. The molecular formula is C41H42N4O8. The first-order valence-electron chi connectivity index (χ1n) is 17.2. The number of fused-ring (bicyclic) bond motifs is 11. The molecule has 0 amide bonds. The summed E-state index contributed by atoms with van der Waals surface area (Å²) in [5.74, 6) is -3.68. The molecule has 3 aromatic heterocycles. The molecule has 8 bridgehead atoms. The van der Waals surface area contributed by atoms with Gasteiger partial charge >= 0.3 is 23.9 Å². The molecule has 1 aliphatic carbocycles. The number of rotatable bonds is 9. The molecule has 3 N–H and O–H groups in total. The molecule has 2 aliphatic heterocycles. The molecule has 53 heavy (non-hydrogen) atoms. The van der Waals surface area contributed by atoms with Crippen molar-refractivity contribution in [3.63, 3.8) is 0 Å². The number of carbonyl (C=O) groups excluding carboxylic acids is 3. The lowest BCUT2D eigenvalue weighted by Crippen LogP contribution is -2.42. The Labute approximate surface area is 306 Å². The Kier molecular flexibility index (Phi) is 9.83. The van der Waals surface area contributed by atoms with Crippen LogP contribution in [0.25, 0.3) is 44.9 Å². The fraction of sp³-hybridized carbons (Fsp3) is 0.317. The number of aromatic amines is 2. The molecule has 0 spiro atoms. The molecule has 6 rings (SSSR count). The fourth-order valence-electron chi connectivity index (χ4n) is 7.68. The summed E-state index contributed by atoms with van der Waals surface area (Å²) in [6, 6.07) is 7.59. The maximum absolute atomic E-state index is 13.7. The predicted molar refractivity (Wildman–Crippen MR) is 201 cm³/mol. The fourth-order valence-corrected chi connectivity index (χ4v) is 7.68. The molecule has 0 aromatic carbocycles. The summed E-state index contributed by atoms with van der Waals surface area (Å²) >= 11 is 0. The molecule has 3 aliphatic rings. The highest BCUT2D eigenvalue weighted by atomic mass is 16.5. The van der Waals surface area contributed by atoms with Crippen molar-refractivity contribution in [1.82, 2.24) is 19.9 Å². The number of H-pyrrole nitrogens is 2. The second kappa shape index (κ2) is 14.2. The number of carbonyl (C=O) groups is 4. The van der Waals surface area contributed by atoms with Crippen molar-refractivity contribution in [2.75, 3.05) is 21.3 Å². The van der Waals surface area contributed by atoms with Crippen molar-refractivity contribution in [2.45, 2.75) is 58.8 Å². The van der Waals surface area contributed by atoms with Gasteiger partial charge in [-0.1, -0.05) is 24.8 Å². The van der Waals surface area contributed by atoms with Crippen LogP contribution in [0.5, 0.6) is 0 Å². The number of ether oxygens (including phenoxy) is 3. The van der Waals surface area contributed by atoms with E-state index in [4.69, 9.17) is 24.2 Å².